The van der Waals surface area contributed by atoms with Gasteiger partial charge in [-0.3, -0.25) is 9.78 Å². The number of anilines is 1. The maximum atomic E-state index is 12.0. The molecule has 25 heavy (non-hydrogen) atoms. The summed E-state index contributed by atoms with van der Waals surface area (Å²) in [7, 11) is 3.31. The average Bonchev–Trinajstić information content (AvgIpc) is 2.65. The van der Waals surface area contributed by atoms with E-state index in [9.17, 15) is 4.79 Å². The van der Waals surface area contributed by atoms with Crippen molar-refractivity contribution < 1.29 is 9.47 Å². The highest BCUT2D eigenvalue weighted by atomic mass is 16.5. The number of H-pyrrole nitrogens is 1. The van der Waals surface area contributed by atoms with Gasteiger partial charge in [0.1, 0.15) is 11.5 Å². The van der Waals surface area contributed by atoms with Gasteiger partial charge in [-0.15, -0.1) is 0 Å². The second kappa shape index (κ2) is 7.70. The summed E-state index contributed by atoms with van der Waals surface area (Å²) in [5, 5.41) is 3.77. The van der Waals surface area contributed by atoms with Crippen LogP contribution in [0.3, 0.4) is 0 Å². The lowest BCUT2D eigenvalue weighted by molar-refractivity contribution is 0.398. The normalized spacial score (nSPS) is 10.6. The molecule has 2 N–H and O–H groups in total. The molecule has 0 amide bonds. The number of nitrogens with one attached hydrogen (secondary N) is 2. The molecule has 0 bridgehead atoms. The molecule has 0 atom stereocenters. The number of para-hydroxylation sites is 1. The number of hydrogen-bond acceptors (Lipinski definition) is 5. The van der Waals surface area contributed by atoms with Crippen LogP contribution in [-0.2, 0) is 6.42 Å². The van der Waals surface area contributed by atoms with Crippen molar-refractivity contribution in [2.45, 2.75) is 12.8 Å². The van der Waals surface area contributed by atoms with Gasteiger partial charge >= 0.3 is 0 Å². The third-order valence-corrected chi connectivity index (χ3v) is 4.02. The van der Waals surface area contributed by atoms with E-state index in [0.29, 0.717) is 23.4 Å². The van der Waals surface area contributed by atoms with Crippen LogP contribution in [0.15, 0.2) is 47.3 Å². The van der Waals surface area contributed by atoms with E-state index in [4.69, 9.17) is 9.47 Å². The molecule has 3 aromatic rings. The average molecular weight is 339 g/mol. The first-order valence-electron chi connectivity index (χ1n) is 8.15. The zero-order valence-corrected chi connectivity index (χ0v) is 14.3. The highest BCUT2D eigenvalue weighted by molar-refractivity contribution is 5.78. The van der Waals surface area contributed by atoms with Crippen LogP contribution in [0, 0.1) is 0 Å². The summed E-state index contributed by atoms with van der Waals surface area (Å²) in [5.74, 6) is 2.14. The standard InChI is InChI=1S/C19H21N3O3/c1-24-14-9-10-17(25-2)13(12-14)6-5-11-20-19-21-16-8-4-3-7-15(16)18(23)22-19/h3-4,7-10,12H,5-6,11H2,1-2H3,(H2,20,21,22,23). The third-order valence-electron chi connectivity index (χ3n) is 4.02. The van der Waals surface area contributed by atoms with E-state index in [1.54, 1.807) is 20.3 Å². The quantitative estimate of drug-likeness (QED) is 0.647. The highest BCUT2D eigenvalue weighted by Gasteiger charge is 2.06. The number of methoxy groups -OCH3 is 2. The Bertz CT molecular complexity index is 921. The number of aromatic amines is 1. The summed E-state index contributed by atoms with van der Waals surface area (Å²) in [5.41, 5.74) is 1.63. The largest absolute Gasteiger partial charge is 0.497 e. The molecule has 1 aromatic heterocycles. The lowest BCUT2D eigenvalue weighted by Crippen LogP contribution is -2.14. The van der Waals surface area contributed by atoms with Crippen LogP contribution < -0.4 is 20.3 Å². The van der Waals surface area contributed by atoms with Gasteiger partial charge < -0.3 is 14.8 Å². The maximum Gasteiger partial charge on any atom is 0.260 e. The van der Waals surface area contributed by atoms with Gasteiger partial charge in [0.25, 0.3) is 5.56 Å². The van der Waals surface area contributed by atoms with Crippen molar-refractivity contribution in [2.24, 2.45) is 0 Å². The summed E-state index contributed by atoms with van der Waals surface area (Å²) in [6.07, 6.45) is 1.69. The molecule has 0 radical (unpaired) electrons. The molecular formula is C19H21N3O3. The minimum atomic E-state index is -0.137. The minimum Gasteiger partial charge on any atom is -0.497 e. The molecule has 0 aliphatic carbocycles. The van der Waals surface area contributed by atoms with Crippen molar-refractivity contribution in [2.75, 3.05) is 26.1 Å². The summed E-state index contributed by atoms with van der Waals surface area (Å²) >= 11 is 0. The van der Waals surface area contributed by atoms with Crippen LogP contribution in [0.2, 0.25) is 0 Å². The lowest BCUT2D eigenvalue weighted by Gasteiger charge is -2.11. The third kappa shape index (κ3) is 3.91. The van der Waals surface area contributed by atoms with E-state index in [2.05, 4.69) is 15.3 Å². The Morgan fingerprint density at radius 3 is 2.76 bits per heavy atom. The van der Waals surface area contributed by atoms with Crippen molar-refractivity contribution in [1.82, 2.24) is 9.97 Å². The second-order valence-corrected chi connectivity index (χ2v) is 5.64. The molecule has 1 heterocycles. The van der Waals surface area contributed by atoms with Gasteiger partial charge in [0.15, 0.2) is 0 Å². The smallest absolute Gasteiger partial charge is 0.260 e. The summed E-state index contributed by atoms with van der Waals surface area (Å²) < 4.78 is 10.7. The molecule has 2 aromatic carbocycles. The molecular weight excluding hydrogens is 318 g/mol. The van der Waals surface area contributed by atoms with Crippen LogP contribution in [0.1, 0.15) is 12.0 Å². The number of fused-ring (bicyclic) bond motifs is 1. The fraction of sp³-hybridized carbons (Fsp3) is 0.263. The predicted molar refractivity (Wildman–Crippen MR) is 98.7 cm³/mol. The number of benzene rings is 2. The van der Waals surface area contributed by atoms with Gasteiger partial charge in [-0.2, -0.15) is 0 Å². The van der Waals surface area contributed by atoms with Crippen molar-refractivity contribution in [3.8, 4) is 11.5 Å². The Labute approximate surface area is 145 Å². The van der Waals surface area contributed by atoms with Crippen LogP contribution in [-0.4, -0.2) is 30.7 Å². The van der Waals surface area contributed by atoms with Crippen molar-refractivity contribution in [3.63, 3.8) is 0 Å². The van der Waals surface area contributed by atoms with E-state index in [-0.39, 0.29) is 5.56 Å². The fourth-order valence-corrected chi connectivity index (χ4v) is 2.73. The topological polar surface area (TPSA) is 76.2 Å². The Hall–Kier alpha value is -3.02. The molecule has 6 nitrogen and oxygen atoms in total. The van der Waals surface area contributed by atoms with Gasteiger partial charge in [0, 0.05) is 6.54 Å². The van der Waals surface area contributed by atoms with Gasteiger partial charge in [-0.25, -0.2) is 4.98 Å². The Morgan fingerprint density at radius 2 is 1.96 bits per heavy atom. The van der Waals surface area contributed by atoms with Crippen LogP contribution in [0.5, 0.6) is 11.5 Å². The molecule has 130 valence electrons. The monoisotopic (exact) mass is 339 g/mol. The number of aryl methyl sites for hydroxylation is 1. The molecule has 0 fully saturated rings. The SMILES string of the molecule is COc1ccc(OC)c(CCCNc2nc3ccccc3c(=O)[nH]2)c1. The second-order valence-electron chi connectivity index (χ2n) is 5.64. The number of aromatic nitrogens is 2. The van der Waals surface area contributed by atoms with E-state index >= 15 is 0 Å². The van der Waals surface area contributed by atoms with Crippen LogP contribution in [0.25, 0.3) is 10.9 Å². The summed E-state index contributed by atoms with van der Waals surface area (Å²) in [4.78, 5) is 19.2. The first kappa shape index (κ1) is 16.8. The van der Waals surface area contributed by atoms with Gasteiger partial charge in [0.05, 0.1) is 25.1 Å². The van der Waals surface area contributed by atoms with Crippen molar-refractivity contribution >= 4 is 16.9 Å². The summed E-state index contributed by atoms with van der Waals surface area (Å²) in [6.45, 7) is 0.682. The van der Waals surface area contributed by atoms with Gasteiger partial charge in [-0.1, -0.05) is 12.1 Å². The van der Waals surface area contributed by atoms with E-state index in [1.807, 2.05) is 36.4 Å². The number of nitrogens with zero attached hydrogens (tertiary/aromatic N) is 1. The van der Waals surface area contributed by atoms with E-state index in [0.717, 1.165) is 29.9 Å². The van der Waals surface area contributed by atoms with Crippen LogP contribution >= 0.6 is 0 Å². The Kier molecular flexibility index (Phi) is 5.18. The van der Waals surface area contributed by atoms with Gasteiger partial charge in [0.2, 0.25) is 5.95 Å². The zero-order valence-electron chi connectivity index (χ0n) is 14.3. The first-order valence-corrected chi connectivity index (χ1v) is 8.15. The predicted octanol–water partition coefficient (Wildman–Crippen LogP) is 2.99. The Balaban J connectivity index is 1.63. The molecule has 0 aliphatic heterocycles. The van der Waals surface area contributed by atoms with E-state index < -0.39 is 0 Å². The number of rotatable bonds is 7. The lowest BCUT2D eigenvalue weighted by atomic mass is 10.1. The molecule has 0 spiro atoms. The van der Waals surface area contributed by atoms with E-state index in [1.165, 1.54) is 0 Å². The summed E-state index contributed by atoms with van der Waals surface area (Å²) in [6, 6.07) is 13.1. The maximum absolute atomic E-state index is 12.0. The first-order chi connectivity index (χ1) is 12.2. The van der Waals surface area contributed by atoms with Gasteiger partial charge in [-0.05, 0) is 48.7 Å². The minimum absolute atomic E-state index is 0.137. The van der Waals surface area contributed by atoms with Crippen molar-refractivity contribution in [3.05, 3.63) is 58.4 Å². The molecule has 0 unspecified atom stereocenters. The molecule has 0 aliphatic rings. The highest BCUT2D eigenvalue weighted by Crippen LogP contribution is 2.25. The molecule has 3 rings (SSSR count). The zero-order chi connectivity index (χ0) is 17.6. The Morgan fingerprint density at radius 1 is 1.12 bits per heavy atom. The fourth-order valence-electron chi connectivity index (χ4n) is 2.73. The number of ether oxygens (including phenoxy) is 2. The molecule has 6 heteroatoms. The van der Waals surface area contributed by atoms with Crippen molar-refractivity contribution in [1.29, 1.82) is 0 Å². The number of hydrogen-bond donors (Lipinski definition) is 2. The van der Waals surface area contributed by atoms with Crippen LogP contribution in [0.4, 0.5) is 5.95 Å². The molecule has 0 saturated heterocycles. The molecule has 0 saturated carbocycles.